The van der Waals surface area contributed by atoms with Gasteiger partial charge in [-0.3, -0.25) is 4.79 Å². The maximum Gasteiger partial charge on any atom is 0.241 e. The monoisotopic (exact) mass is 386 g/mol. The van der Waals surface area contributed by atoms with Crippen LogP contribution in [-0.2, 0) is 27.7 Å². The van der Waals surface area contributed by atoms with Crippen LogP contribution in [0.4, 0.5) is 5.69 Å². The number of amides is 1. The lowest BCUT2D eigenvalue weighted by Gasteiger charge is -2.24. The van der Waals surface area contributed by atoms with Gasteiger partial charge in [0.2, 0.25) is 15.9 Å². The van der Waals surface area contributed by atoms with Gasteiger partial charge in [-0.05, 0) is 53.6 Å². The van der Waals surface area contributed by atoms with Gasteiger partial charge >= 0.3 is 0 Å². The molecule has 1 atom stereocenters. The molecule has 0 aliphatic carbocycles. The van der Waals surface area contributed by atoms with Crippen molar-refractivity contribution < 1.29 is 13.2 Å². The number of hydrogen-bond acceptors (Lipinski definition) is 3. The van der Waals surface area contributed by atoms with Crippen LogP contribution in [0.15, 0.2) is 47.4 Å². The van der Waals surface area contributed by atoms with E-state index < -0.39 is 10.0 Å². The summed E-state index contributed by atoms with van der Waals surface area (Å²) in [4.78, 5) is 11.7. The molecule has 0 radical (unpaired) electrons. The number of benzene rings is 2. The Bertz CT molecular complexity index is 934. The van der Waals surface area contributed by atoms with Crippen molar-refractivity contribution in [3.05, 3.63) is 59.2 Å². The van der Waals surface area contributed by atoms with Gasteiger partial charge < -0.3 is 5.32 Å². The van der Waals surface area contributed by atoms with E-state index in [1.165, 1.54) is 5.56 Å². The molecule has 1 aliphatic heterocycles. The zero-order valence-corrected chi connectivity index (χ0v) is 16.8. The van der Waals surface area contributed by atoms with Crippen LogP contribution >= 0.6 is 0 Å². The molecule has 6 heteroatoms. The second-order valence-corrected chi connectivity index (χ2v) is 9.02. The summed E-state index contributed by atoms with van der Waals surface area (Å²) >= 11 is 0. The first kappa shape index (κ1) is 19.6. The van der Waals surface area contributed by atoms with E-state index in [9.17, 15) is 13.2 Å². The van der Waals surface area contributed by atoms with E-state index in [-0.39, 0.29) is 22.8 Å². The van der Waals surface area contributed by atoms with E-state index in [4.69, 9.17) is 0 Å². The van der Waals surface area contributed by atoms with Gasteiger partial charge in [0, 0.05) is 18.2 Å². The minimum absolute atomic E-state index is 0.0355. The molecule has 2 aromatic carbocycles. The van der Waals surface area contributed by atoms with Gasteiger partial charge in [-0.25, -0.2) is 13.1 Å². The Morgan fingerprint density at radius 2 is 1.78 bits per heavy atom. The number of fused-ring (bicyclic) bond motifs is 1. The Morgan fingerprint density at radius 1 is 1.07 bits per heavy atom. The lowest BCUT2D eigenvalue weighted by atomic mass is 9.96. The summed E-state index contributed by atoms with van der Waals surface area (Å²) in [5.41, 5.74) is 3.73. The van der Waals surface area contributed by atoms with Crippen LogP contribution < -0.4 is 10.0 Å². The largest absolute Gasteiger partial charge is 0.326 e. The fourth-order valence-electron chi connectivity index (χ4n) is 3.31. The van der Waals surface area contributed by atoms with Gasteiger partial charge in [-0.2, -0.15) is 0 Å². The van der Waals surface area contributed by atoms with Crippen molar-refractivity contribution in [3.63, 3.8) is 0 Å². The molecule has 27 heavy (non-hydrogen) atoms. The number of hydrogen-bond donors (Lipinski definition) is 2. The second kappa shape index (κ2) is 7.82. The second-order valence-electron chi connectivity index (χ2n) is 7.31. The summed E-state index contributed by atoms with van der Waals surface area (Å²) in [5, 5.41) is 2.78. The molecule has 2 N–H and O–H groups in total. The molecule has 0 fully saturated rings. The molecule has 1 amide bonds. The molecule has 0 saturated heterocycles. The van der Waals surface area contributed by atoms with Crippen LogP contribution in [0.2, 0.25) is 0 Å². The minimum atomic E-state index is -3.68. The number of carbonyl (C=O) groups is 1. The Morgan fingerprint density at radius 3 is 2.41 bits per heavy atom. The van der Waals surface area contributed by atoms with Gasteiger partial charge in [0.15, 0.2) is 0 Å². The van der Waals surface area contributed by atoms with E-state index >= 15 is 0 Å². The van der Waals surface area contributed by atoms with Crippen molar-refractivity contribution in [3.8, 4) is 0 Å². The normalized spacial score (nSPS) is 15.3. The van der Waals surface area contributed by atoms with Gasteiger partial charge in [0.25, 0.3) is 0 Å². The van der Waals surface area contributed by atoms with Crippen molar-refractivity contribution >= 4 is 21.6 Å². The Balaban J connectivity index is 1.87. The summed E-state index contributed by atoms with van der Waals surface area (Å²) in [7, 11) is -3.68. The maximum absolute atomic E-state index is 13.0. The summed E-state index contributed by atoms with van der Waals surface area (Å²) in [5.74, 6) is 0.0656. The molecule has 0 saturated carbocycles. The lowest BCUT2D eigenvalue weighted by Crippen LogP contribution is -2.32. The van der Waals surface area contributed by atoms with Crippen molar-refractivity contribution in [2.24, 2.45) is 5.92 Å². The van der Waals surface area contributed by atoms with Gasteiger partial charge in [-0.1, -0.05) is 45.0 Å². The Kier molecular flexibility index (Phi) is 5.67. The average molecular weight is 387 g/mol. The van der Waals surface area contributed by atoms with Gasteiger partial charge in [-0.15, -0.1) is 0 Å². The fourth-order valence-corrected chi connectivity index (χ4v) is 4.74. The zero-order valence-electron chi connectivity index (χ0n) is 16.0. The third-order valence-electron chi connectivity index (χ3n) is 4.98. The first-order valence-electron chi connectivity index (χ1n) is 9.34. The van der Waals surface area contributed by atoms with Gasteiger partial charge in [0.05, 0.1) is 4.90 Å². The van der Waals surface area contributed by atoms with Crippen molar-refractivity contribution in [1.29, 1.82) is 0 Å². The number of anilines is 1. The fraction of sp³-hybridized carbons (Fsp3) is 0.381. The van der Waals surface area contributed by atoms with Gasteiger partial charge in [0.1, 0.15) is 0 Å². The number of aryl methyl sites for hydroxylation is 2. The van der Waals surface area contributed by atoms with Crippen LogP contribution in [0.1, 0.15) is 49.9 Å². The molecule has 3 rings (SSSR count). The van der Waals surface area contributed by atoms with Crippen molar-refractivity contribution in [1.82, 2.24) is 4.72 Å². The minimum Gasteiger partial charge on any atom is -0.326 e. The third-order valence-corrected chi connectivity index (χ3v) is 6.42. The van der Waals surface area contributed by atoms with Crippen LogP contribution in [0.5, 0.6) is 0 Å². The maximum atomic E-state index is 13.0. The predicted octanol–water partition coefficient (Wildman–Crippen LogP) is 3.81. The highest BCUT2D eigenvalue weighted by atomic mass is 32.2. The van der Waals surface area contributed by atoms with Crippen LogP contribution in [-0.4, -0.2) is 14.3 Å². The molecular formula is C21H26N2O3S. The van der Waals surface area contributed by atoms with E-state index in [1.54, 1.807) is 18.2 Å². The SMILES string of the molecule is CCc1ccc([C@H](NS(=O)(=O)c2ccc3c(c2)CCC(=O)N3)C(C)C)cc1. The Hall–Kier alpha value is -2.18. The molecule has 1 heterocycles. The topological polar surface area (TPSA) is 75.3 Å². The third kappa shape index (κ3) is 4.39. The molecule has 1 aliphatic rings. The highest BCUT2D eigenvalue weighted by Crippen LogP contribution is 2.28. The molecule has 0 unspecified atom stereocenters. The first-order valence-corrected chi connectivity index (χ1v) is 10.8. The Labute approximate surface area is 161 Å². The molecule has 0 bridgehead atoms. The highest BCUT2D eigenvalue weighted by Gasteiger charge is 2.25. The molecular weight excluding hydrogens is 360 g/mol. The molecule has 144 valence electrons. The molecule has 0 spiro atoms. The predicted molar refractivity (Wildman–Crippen MR) is 107 cm³/mol. The van der Waals surface area contributed by atoms with Crippen LogP contribution in [0.25, 0.3) is 0 Å². The average Bonchev–Trinajstić information content (AvgIpc) is 2.65. The summed E-state index contributed by atoms with van der Waals surface area (Å²) in [6.45, 7) is 6.10. The van der Waals surface area contributed by atoms with E-state index in [1.807, 2.05) is 38.1 Å². The number of sulfonamides is 1. The van der Waals surface area contributed by atoms with E-state index in [0.717, 1.165) is 17.5 Å². The zero-order chi connectivity index (χ0) is 19.6. The molecule has 5 nitrogen and oxygen atoms in total. The van der Waals surface area contributed by atoms with Crippen molar-refractivity contribution in [2.45, 2.75) is 51.0 Å². The van der Waals surface area contributed by atoms with E-state index in [2.05, 4.69) is 17.0 Å². The first-order chi connectivity index (χ1) is 12.8. The molecule has 0 aromatic heterocycles. The highest BCUT2D eigenvalue weighted by molar-refractivity contribution is 7.89. The van der Waals surface area contributed by atoms with E-state index in [0.29, 0.717) is 18.5 Å². The van der Waals surface area contributed by atoms with Crippen molar-refractivity contribution in [2.75, 3.05) is 5.32 Å². The molecule has 2 aromatic rings. The quantitative estimate of drug-likeness (QED) is 0.793. The smallest absolute Gasteiger partial charge is 0.241 e. The number of nitrogens with one attached hydrogen (secondary N) is 2. The summed E-state index contributed by atoms with van der Waals surface area (Å²) in [6.07, 6.45) is 1.88. The van der Waals surface area contributed by atoms with Crippen LogP contribution in [0.3, 0.4) is 0 Å². The number of rotatable bonds is 6. The summed E-state index contributed by atoms with van der Waals surface area (Å²) in [6, 6.07) is 12.6. The van der Waals surface area contributed by atoms with Crippen LogP contribution in [0, 0.1) is 5.92 Å². The standard InChI is InChI=1S/C21H26N2O3S/c1-4-15-5-7-16(8-6-15)21(14(2)3)23-27(25,26)18-10-11-19-17(13-18)9-12-20(24)22-19/h5-8,10-11,13-14,21,23H,4,9,12H2,1-3H3,(H,22,24)/t21-/m1/s1. The lowest BCUT2D eigenvalue weighted by molar-refractivity contribution is -0.116. The number of carbonyl (C=O) groups excluding carboxylic acids is 1. The summed E-state index contributed by atoms with van der Waals surface area (Å²) < 4.78 is 28.9.